The fourth-order valence-electron chi connectivity index (χ4n) is 2.61. The summed E-state index contributed by atoms with van der Waals surface area (Å²) in [4.78, 5) is 6.53. The summed E-state index contributed by atoms with van der Waals surface area (Å²) in [5.41, 5.74) is 1.89. The fourth-order valence-corrected chi connectivity index (χ4v) is 2.61. The van der Waals surface area contributed by atoms with E-state index in [0.717, 1.165) is 29.9 Å². The Balaban J connectivity index is 1.38. The number of rotatable bonds is 6. The molecule has 6 nitrogen and oxygen atoms in total. The van der Waals surface area contributed by atoms with Gasteiger partial charge >= 0.3 is 0 Å². The van der Waals surface area contributed by atoms with Crippen LogP contribution < -0.4 is 0 Å². The lowest BCUT2D eigenvalue weighted by Gasteiger charge is -2.12. The fraction of sp³-hybridized carbons (Fsp3) is 0.353. The van der Waals surface area contributed by atoms with Crippen LogP contribution in [0.1, 0.15) is 36.0 Å². The molecule has 0 bridgehead atoms. The van der Waals surface area contributed by atoms with Crippen molar-refractivity contribution in [1.82, 2.24) is 24.8 Å². The number of aromatic nitrogens is 4. The molecule has 3 aromatic rings. The minimum absolute atomic E-state index is 0.254. The molecule has 1 aliphatic rings. The first-order chi connectivity index (χ1) is 11.7. The SMILES string of the molecule is CN(Cc1cnn(-c2ccc(F)cc2)c1)Cc1nc(C2CC2)no1. The molecule has 0 spiro atoms. The van der Waals surface area contributed by atoms with Crippen LogP contribution >= 0.6 is 0 Å². The molecule has 1 saturated carbocycles. The zero-order valence-electron chi connectivity index (χ0n) is 13.4. The monoisotopic (exact) mass is 327 g/mol. The molecular formula is C17H18FN5O. The Morgan fingerprint density at radius 2 is 2.04 bits per heavy atom. The highest BCUT2D eigenvalue weighted by atomic mass is 19.1. The van der Waals surface area contributed by atoms with Crippen molar-refractivity contribution < 1.29 is 8.91 Å². The highest BCUT2D eigenvalue weighted by molar-refractivity contribution is 5.31. The van der Waals surface area contributed by atoms with Crippen molar-refractivity contribution >= 4 is 0 Å². The topological polar surface area (TPSA) is 60.0 Å². The lowest BCUT2D eigenvalue weighted by Crippen LogP contribution is -2.17. The molecule has 0 unspecified atom stereocenters. The molecule has 0 radical (unpaired) electrons. The Kier molecular flexibility index (Phi) is 3.86. The van der Waals surface area contributed by atoms with E-state index in [4.69, 9.17) is 4.52 Å². The summed E-state index contributed by atoms with van der Waals surface area (Å²) in [5.74, 6) is 1.73. The van der Waals surface area contributed by atoms with Gasteiger partial charge in [0.25, 0.3) is 0 Å². The van der Waals surface area contributed by atoms with E-state index in [1.54, 1.807) is 16.8 Å². The normalized spacial score (nSPS) is 14.5. The Labute approximate surface area is 138 Å². The van der Waals surface area contributed by atoms with Gasteiger partial charge in [0, 0.05) is 24.2 Å². The maximum absolute atomic E-state index is 13.0. The smallest absolute Gasteiger partial charge is 0.240 e. The van der Waals surface area contributed by atoms with E-state index in [-0.39, 0.29) is 5.82 Å². The molecule has 7 heteroatoms. The van der Waals surface area contributed by atoms with E-state index in [9.17, 15) is 4.39 Å². The summed E-state index contributed by atoms with van der Waals surface area (Å²) in [6, 6.07) is 6.26. The third-order valence-corrected chi connectivity index (χ3v) is 4.01. The standard InChI is InChI=1S/C17H18FN5O/c1-22(11-16-20-17(21-24-16)13-2-3-13)9-12-8-19-23(10-12)15-6-4-14(18)5-7-15/h4-8,10,13H,2-3,9,11H2,1H3. The van der Waals surface area contributed by atoms with Crippen LogP contribution in [-0.4, -0.2) is 31.9 Å². The molecule has 124 valence electrons. The molecule has 1 fully saturated rings. The number of hydrogen-bond acceptors (Lipinski definition) is 5. The van der Waals surface area contributed by atoms with Crippen molar-refractivity contribution in [3.8, 4) is 5.69 Å². The predicted octanol–water partition coefficient (Wildman–Crippen LogP) is 2.90. The van der Waals surface area contributed by atoms with Crippen LogP contribution in [0.25, 0.3) is 5.69 Å². The second kappa shape index (κ2) is 6.16. The van der Waals surface area contributed by atoms with Gasteiger partial charge in [0.1, 0.15) is 5.82 Å². The molecule has 0 amide bonds. The first-order valence-electron chi connectivity index (χ1n) is 7.98. The number of nitrogens with zero attached hydrogens (tertiary/aromatic N) is 5. The van der Waals surface area contributed by atoms with Gasteiger partial charge in [-0.25, -0.2) is 9.07 Å². The van der Waals surface area contributed by atoms with Gasteiger partial charge in [-0.1, -0.05) is 5.16 Å². The van der Waals surface area contributed by atoms with Crippen molar-refractivity contribution in [3.05, 3.63) is 59.8 Å². The van der Waals surface area contributed by atoms with Crippen LogP contribution in [0.4, 0.5) is 4.39 Å². The molecule has 4 rings (SSSR count). The maximum atomic E-state index is 13.0. The summed E-state index contributed by atoms with van der Waals surface area (Å²) < 4.78 is 20.0. The van der Waals surface area contributed by atoms with Gasteiger partial charge in [-0.3, -0.25) is 4.90 Å². The van der Waals surface area contributed by atoms with Crippen LogP contribution in [0.15, 0.2) is 41.2 Å². The van der Waals surface area contributed by atoms with Gasteiger partial charge in [-0.15, -0.1) is 0 Å². The predicted molar refractivity (Wildman–Crippen MR) is 85.0 cm³/mol. The zero-order valence-corrected chi connectivity index (χ0v) is 13.4. The molecule has 1 aliphatic carbocycles. The lowest BCUT2D eigenvalue weighted by molar-refractivity contribution is 0.260. The van der Waals surface area contributed by atoms with Crippen LogP contribution in [0.5, 0.6) is 0 Å². The van der Waals surface area contributed by atoms with Gasteiger partial charge in [-0.05, 0) is 44.2 Å². The van der Waals surface area contributed by atoms with E-state index in [2.05, 4.69) is 20.1 Å². The lowest BCUT2D eigenvalue weighted by atomic mass is 10.3. The molecular weight excluding hydrogens is 309 g/mol. The summed E-state index contributed by atoms with van der Waals surface area (Å²) in [6.07, 6.45) is 6.07. The second-order valence-corrected chi connectivity index (χ2v) is 6.26. The van der Waals surface area contributed by atoms with E-state index in [1.807, 2.05) is 19.4 Å². The first-order valence-corrected chi connectivity index (χ1v) is 7.98. The van der Waals surface area contributed by atoms with Crippen molar-refractivity contribution in [2.24, 2.45) is 0 Å². The average molecular weight is 327 g/mol. The zero-order chi connectivity index (χ0) is 16.5. The molecule has 0 atom stereocenters. The van der Waals surface area contributed by atoms with Crippen molar-refractivity contribution in [2.45, 2.75) is 31.8 Å². The Morgan fingerprint density at radius 3 is 2.79 bits per heavy atom. The Hall–Kier alpha value is -2.54. The van der Waals surface area contributed by atoms with Crippen molar-refractivity contribution in [2.75, 3.05) is 7.05 Å². The van der Waals surface area contributed by atoms with Crippen LogP contribution in [0, 0.1) is 5.82 Å². The number of halogens is 1. The molecule has 0 saturated heterocycles. The minimum Gasteiger partial charge on any atom is -0.338 e. The van der Waals surface area contributed by atoms with Gasteiger partial charge < -0.3 is 4.52 Å². The maximum Gasteiger partial charge on any atom is 0.240 e. The van der Waals surface area contributed by atoms with Crippen molar-refractivity contribution in [3.63, 3.8) is 0 Å². The summed E-state index contributed by atoms with van der Waals surface area (Å²) in [6.45, 7) is 1.31. The molecule has 2 aromatic heterocycles. The van der Waals surface area contributed by atoms with E-state index in [1.165, 1.54) is 12.1 Å². The van der Waals surface area contributed by atoms with Crippen molar-refractivity contribution in [1.29, 1.82) is 0 Å². The van der Waals surface area contributed by atoms with Crippen LogP contribution in [-0.2, 0) is 13.1 Å². The largest absolute Gasteiger partial charge is 0.338 e. The third-order valence-electron chi connectivity index (χ3n) is 4.01. The molecule has 24 heavy (non-hydrogen) atoms. The van der Waals surface area contributed by atoms with Gasteiger partial charge in [0.15, 0.2) is 5.82 Å². The summed E-state index contributed by atoms with van der Waals surface area (Å²) in [7, 11) is 2.00. The highest BCUT2D eigenvalue weighted by Gasteiger charge is 2.28. The third kappa shape index (κ3) is 3.35. The molecule has 0 aliphatic heterocycles. The Morgan fingerprint density at radius 1 is 1.25 bits per heavy atom. The van der Waals surface area contributed by atoms with Gasteiger partial charge in [-0.2, -0.15) is 10.1 Å². The van der Waals surface area contributed by atoms with Gasteiger partial charge in [0.05, 0.1) is 18.4 Å². The van der Waals surface area contributed by atoms with Crippen LogP contribution in [0.3, 0.4) is 0 Å². The Bertz CT molecular complexity index is 822. The van der Waals surface area contributed by atoms with E-state index in [0.29, 0.717) is 24.9 Å². The van der Waals surface area contributed by atoms with E-state index >= 15 is 0 Å². The van der Waals surface area contributed by atoms with E-state index < -0.39 is 0 Å². The van der Waals surface area contributed by atoms with Gasteiger partial charge in [0.2, 0.25) is 5.89 Å². The molecule has 1 aromatic carbocycles. The highest BCUT2D eigenvalue weighted by Crippen LogP contribution is 2.38. The second-order valence-electron chi connectivity index (χ2n) is 6.26. The van der Waals surface area contributed by atoms with Crippen LogP contribution in [0.2, 0.25) is 0 Å². The minimum atomic E-state index is -0.254. The first kappa shape index (κ1) is 15.0. The number of hydrogen-bond donors (Lipinski definition) is 0. The summed E-state index contributed by atoms with van der Waals surface area (Å²) in [5, 5.41) is 8.36. The molecule has 2 heterocycles. The number of benzene rings is 1. The quantitative estimate of drug-likeness (QED) is 0.697. The summed E-state index contributed by atoms with van der Waals surface area (Å²) >= 11 is 0. The molecule has 0 N–H and O–H groups in total. The average Bonchev–Trinajstić information content (AvgIpc) is 3.14.